The van der Waals surface area contributed by atoms with Gasteiger partial charge in [0.25, 0.3) is 11.5 Å². The number of aryl methyl sites for hydroxylation is 1. The molecule has 1 aromatic heterocycles. The zero-order chi connectivity index (χ0) is 17.0. The van der Waals surface area contributed by atoms with E-state index in [0.717, 1.165) is 6.42 Å². The van der Waals surface area contributed by atoms with Crippen LogP contribution < -0.4 is 10.9 Å². The summed E-state index contributed by atoms with van der Waals surface area (Å²) in [4.78, 5) is 41.0. The maximum absolute atomic E-state index is 12.6. The first kappa shape index (κ1) is 17.6. The first-order chi connectivity index (χ1) is 10.9. The Balaban J connectivity index is 2.07. The van der Waals surface area contributed by atoms with Crippen molar-refractivity contribution in [3.8, 4) is 0 Å². The summed E-state index contributed by atoms with van der Waals surface area (Å²) in [5, 5.41) is 2.88. The lowest BCUT2D eigenvalue weighted by atomic mass is 10.1. The first-order valence-electron chi connectivity index (χ1n) is 7.76. The van der Waals surface area contributed by atoms with Crippen LogP contribution in [0.15, 0.2) is 16.9 Å². The van der Waals surface area contributed by atoms with Crippen LogP contribution in [0.4, 0.5) is 0 Å². The molecule has 1 unspecified atom stereocenters. The van der Waals surface area contributed by atoms with Gasteiger partial charge in [0.15, 0.2) is 0 Å². The molecule has 1 aliphatic rings. The monoisotopic (exact) mass is 337 g/mol. The van der Waals surface area contributed by atoms with Crippen LogP contribution in [-0.4, -0.2) is 45.9 Å². The zero-order valence-corrected chi connectivity index (χ0v) is 14.5. The van der Waals surface area contributed by atoms with Gasteiger partial charge in [-0.3, -0.25) is 14.4 Å². The molecule has 2 amide bonds. The van der Waals surface area contributed by atoms with Gasteiger partial charge in [-0.1, -0.05) is 13.8 Å². The second kappa shape index (κ2) is 7.68. The van der Waals surface area contributed by atoms with Crippen molar-refractivity contribution in [3.63, 3.8) is 0 Å². The quantitative estimate of drug-likeness (QED) is 0.850. The molecule has 7 heteroatoms. The summed E-state index contributed by atoms with van der Waals surface area (Å²) < 4.78 is 0. The Morgan fingerprint density at radius 1 is 1.43 bits per heavy atom. The van der Waals surface area contributed by atoms with Gasteiger partial charge in [-0.05, 0) is 31.4 Å². The number of amides is 2. The molecule has 2 heterocycles. The van der Waals surface area contributed by atoms with E-state index in [2.05, 4.69) is 24.1 Å². The number of hydrogen-bond donors (Lipinski definition) is 2. The average Bonchev–Trinajstić information content (AvgIpc) is 2.95. The molecule has 23 heavy (non-hydrogen) atoms. The second-order valence-electron chi connectivity index (χ2n) is 6.15. The number of nitrogens with one attached hydrogen (secondary N) is 2. The molecule has 2 rings (SSSR count). The Labute approximate surface area is 140 Å². The maximum atomic E-state index is 12.6. The molecule has 0 bridgehead atoms. The Morgan fingerprint density at radius 2 is 2.17 bits per heavy atom. The lowest BCUT2D eigenvalue weighted by Gasteiger charge is -2.23. The highest BCUT2D eigenvalue weighted by Gasteiger charge is 2.35. The van der Waals surface area contributed by atoms with Gasteiger partial charge >= 0.3 is 0 Å². The molecule has 0 spiro atoms. The fraction of sp³-hybridized carbons (Fsp3) is 0.562. The van der Waals surface area contributed by atoms with Crippen molar-refractivity contribution in [3.05, 3.63) is 33.7 Å². The second-order valence-corrected chi connectivity index (χ2v) is 7.15. The molecule has 6 nitrogen and oxygen atoms in total. The first-order valence-corrected chi connectivity index (χ1v) is 8.92. The Bertz CT molecular complexity index is 642. The van der Waals surface area contributed by atoms with Gasteiger partial charge in [-0.2, -0.15) is 0 Å². The molecule has 1 saturated heterocycles. The van der Waals surface area contributed by atoms with E-state index in [-0.39, 0.29) is 17.4 Å². The van der Waals surface area contributed by atoms with Gasteiger partial charge in [0.1, 0.15) is 11.6 Å². The van der Waals surface area contributed by atoms with Crippen molar-refractivity contribution < 1.29 is 9.59 Å². The molecule has 2 N–H and O–H groups in total. The van der Waals surface area contributed by atoms with Gasteiger partial charge < -0.3 is 15.2 Å². The molecule has 0 radical (unpaired) electrons. The average molecular weight is 337 g/mol. The van der Waals surface area contributed by atoms with Crippen LogP contribution >= 0.6 is 11.8 Å². The number of nitrogens with zero attached hydrogens (tertiary/aromatic N) is 1. The molecular weight excluding hydrogens is 314 g/mol. The lowest BCUT2D eigenvalue weighted by molar-refractivity contribution is -0.124. The largest absolute Gasteiger partial charge is 0.354 e. The van der Waals surface area contributed by atoms with Gasteiger partial charge in [-0.25, -0.2) is 0 Å². The minimum Gasteiger partial charge on any atom is -0.354 e. The van der Waals surface area contributed by atoms with Crippen molar-refractivity contribution in [1.29, 1.82) is 0 Å². The van der Waals surface area contributed by atoms with Crippen LogP contribution in [0.25, 0.3) is 0 Å². The highest BCUT2D eigenvalue weighted by molar-refractivity contribution is 7.99. The SMILES string of the molecule is Cc1ccc(C(=O)N2CSCC2C(=O)NCCC(C)C)c(=O)[nH]1. The summed E-state index contributed by atoms with van der Waals surface area (Å²) in [6.07, 6.45) is 0.900. The van der Waals surface area contributed by atoms with Gasteiger partial charge in [0, 0.05) is 18.0 Å². The molecule has 0 saturated carbocycles. The molecule has 0 aliphatic carbocycles. The Kier molecular flexibility index (Phi) is 5.87. The Morgan fingerprint density at radius 3 is 2.83 bits per heavy atom. The number of carbonyl (C=O) groups excluding carboxylic acids is 2. The number of aromatic nitrogens is 1. The van der Waals surface area contributed by atoms with E-state index in [1.165, 1.54) is 22.7 Å². The predicted octanol–water partition coefficient (Wildman–Crippen LogP) is 1.36. The number of thioether (sulfide) groups is 1. The zero-order valence-electron chi connectivity index (χ0n) is 13.7. The highest BCUT2D eigenvalue weighted by Crippen LogP contribution is 2.22. The summed E-state index contributed by atoms with van der Waals surface area (Å²) in [7, 11) is 0. The summed E-state index contributed by atoms with van der Waals surface area (Å²) in [6.45, 7) is 6.55. The van der Waals surface area contributed by atoms with Crippen molar-refractivity contribution in [2.24, 2.45) is 5.92 Å². The van der Waals surface area contributed by atoms with Crippen LogP contribution in [0.1, 0.15) is 36.3 Å². The minimum absolute atomic E-state index is 0.0816. The number of hydrogen-bond acceptors (Lipinski definition) is 4. The van der Waals surface area contributed by atoms with E-state index in [1.54, 1.807) is 13.0 Å². The standard InChI is InChI=1S/C16H23N3O3S/c1-10(2)6-7-17-15(21)13-8-23-9-19(13)16(22)12-5-4-11(3)18-14(12)20/h4-5,10,13H,6-9H2,1-3H3,(H,17,21)(H,18,20). The van der Waals surface area contributed by atoms with Crippen LogP contribution in [0.3, 0.4) is 0 Å². The van der Waals surface area contributed by atoms with E-state index in [0.29, 0.717) is 29.8 Å². The van der Waals surface area contributed by atoms with Crippen LogP contribution in [-0.2, 0) is 4.79 Å². The number of pyridine rings is 1. The van der Waals surface area contributed by atoms with E-state index in [4.69, 9.17) is 0 Å². The number of rotatable bonds is 5. The summed E-state index contributed by atoms with van der Waals surface area (Å²) in [6, 6.07) is 2.70. The number of H-pyrrole nitrogens is 1. The van der Waals surface area contributed by atoms with Crippen LogP contribution in [0.2, 0.25) is 0 Å². The molecular formula is C16H23N3O3S. The molecule has 126 valence electrons. The van der Waals surface area contributed by atoms with Crippen molar-refractivity contribution in [1.82, 2.24) is 15.2 Å². The van der Waals surface area contributed by atoms with E-state index < -0.39 is 11.6 Å². The number of aromatic amines is 1. The Hall–Kier alpha value is -1.76. The number of carbonyl (C=O) groups is 2. The maximum Gasteiger partial charge on any atom is 0.260 e. The fourth-order valence-corrected chi connectivity index (χ4v) is 3.51. The molecule has 1 aromatic rings. The molecule has 0 aromatic carbocycles. The smallest absolute Gasteiger partial charge is 0.260 e. The normalized spacial score (nSPS) is 17.6. The van der Waals surface area contributed by atoms with E-state index in [9.17, 15) is 14.4 Å². The summed E-state index contributed by atoms with van der Waals surface area (Å²) >= 11 is 1.52. The predicted molar refractivity (Wildman–Crippen MR) is 91.5 cm³/mol. The fourth-order valence-electron chi connectivity index (χ4n) is 2.36. The van der Waals surface area contributed by atoms with Crippen LogP contribution in [0, 0.1) is 12.8 Å². The van der Waals surface area contributed by atoms with E-state index in [1.807, 2.05) is 0 Å². The lowest BCUT2D eigenvalue weighted by Crippen LogP contribution is -2.48. The minimum atomic E-state index is -0.514. The van der Waals surface area contributed by atoms with Gasteiger partial charge in [0.2, 0.25) is 5.91 Å². The van der Waals surface area contributed by atoms with Crippen molar-refractivity contribution in [2.75, 3.05) is 18.2 Å². The molecule has 1 atom stereocenters. The molecule has 1 aliphatic heterocycles. The highest BCUT2D eigenvalue weighted by atomic mass is 32.2. The summed E-state index contributed by atoms with van der Waals surface area (Å²) in [5.41, 5.74) is 0.370. The third-order valence-electron chi connectivity index (χ3n) is 3.75. The summed E-state index contributed by atoms with van der Waals surface area (Å²) in [5.74, 6) is 0.960. The third-order valence-corrected chi connectivity index (χ3v) is 4.76. The van der Waals surface area contributed by atoms with E-state index >= 15 is 0 Å². The van der Waals surface area contributed by atoms with Crippen LogP contribution in [0.5, 0.6) is 0 Å². The van der Waals surface area contributed by atoms with Crippen molar-refractivity contribution >= 4 is 23.6 Å². The van der Waals surface area contributed by atoms with Gasteiger partial charge in [0.05, 0.1) is 5.88 Å². The third kappa shape index (κ3) is 4.37. The topological polar surface area (TPSA) is 82.3 Å². The van der Waals surface area contributed by atoms with Crippen molar-refractivity contribution in [2.45, 2.75) is 33.2 Å². The van der Waals surface area contributed by atoms with Gasteiger partial charge in [-0.15, -0.1) is 11.8 Å². The molecule has 1 fully saturated rings.